The van der Waals surface area contributed by atoms with Crippen LogP contribution in [0.15, 0.2) is 54.6 Å². The number of urea groups is 1. The van der Waals surface area contributed by atoms with Crippen molar-refractivity contribution in [3.63, 3.8) is 0 Å². The number of rotatable bonds is 8. The maximum Gasteiger partial charge on any atom is 0.326 e. The number of esters is 1. The van der Waals surface area contributed by atoms with Crippen molar-refractivity contribution in [3.05, 3.63) is 65.7 Å². The number of nitrogens with one attached hydrogen (secondary N) is 3. The molecule has 158 valence electrons. The SMILES string of the molecule is CCNC(=O)NC(=O)C(OC(=O)CNC(=O)c1ccccc1OC)c1ccccc1. The molecule has 0 aliphatic carbocycles. The summed E-state index contributed by atoms with van der Waals surface area (Å²) in [5.74, 6) is -1.84. The molecule has 2 rings (SSSR count). The van der Waals surface area contributed by atoms with Crippen molar-refractivity contribution in [2.24, 2.45) is 0 Å². The quantitative estimate of drug-likeness (QED) is 0.565. The zero-order valence-electron chi connectivity index (χ0n) is 16.6. The van der Waals surface area contributed by atoms with Gasteiger partial charge < -0.3 is 20.1 Å². The molecule has 9 nitrogen and oxygen atoms in total. The van der Waals surface area contributed by atoms with Crippen molar-refractivity contribution in [1.29, 1.82) is 0 Å². The number of hydrogen-bond acceptors (Lipinski definition) is 6. The van der Waals surface area contributed by atoms with Crippen molar-refractivity contribution in [1.82, 2.24) is 16.0 Å². The maximum absolute atomic E-state index is 12.5. The molecule has 30 heavy (non-hydrogen) atoms. The zero-order chi connectivity index (χ0) is 21.9. The number of benzene rings is 2. The van der Waals surface area contributed by atoms with Crippen LogP contribution in [0.2, 0.25) is 0 Å². The van der Waals surface area contributed by atoms with E-state index in [9.17, 15) is 19.2 Å². The second-order valence-electron chi connectivity index (χ2n) is 6.01. The normalized spacial score (nSPS) is 11.0. The highest BCUT2D eigenvalue weighted by molar-refractivity contribution is 5.99. The average molecular weight is 413 g/mol. The van der Waals surface area contributed by atoms with Gasteiger partial charge in [0, 0.05) is 12.1 Å². The van der Waals surface area contributed by atoms with E-state index in [0.29, 0.717) is 17.9 Å². The van der Waals surface area contributed by atoms with E-state index >= 15 is 0 Å². The van der Waals surface area contributed by atoms with Crippen molar-refractivity contribution >= 4 is 23.8 Å². The van der Waals surface area contributed by atoms with Gasteiger partial charge in [-0.2, -0.15) is 0 Å². The highest BCUT2D eigenvalue weighted by Crippen LogP contribution is 2.18. The Morgan fingerprint density at radius 1 is 0.933 bits per heavy atom. The number of imide groups is 1. The topological polar surface area (TPSA) is 123 Å². The second-order valence-corrected chi connectivity index (χ2v) is 6.01. The summed E-state index contributed by atoms with van der Waals surface area (Å²) in [7, 11) is 1.43. The van der Waals surface area contributed by atoms with Crippen molar-refractivity contribution in [3.8, 4) is 5.75 Å². The summed E-state index contributed by atoms with van der Waals surface area (Å²) in [6.45, 7) is 1.54. The van der Waals surface area contributed by atoms with Gasteiger partial charge in [-0.1, -0.05) is 42.5 Å². The minimum atomic E-state index is -1.36. The van der Waals surface area contributed by atoms with Crippen LogP contribution >= 0.6 is 0 Å². The lowest BCUT2D eigenvalue weighted by Crippen LogP contribution is -2.43. The fourth-order valence-corrected chi connectivity index (χ4v) is 2.54. The lowest BCUT2D eigenvalue weighted by atomic mass is 10.1. The van der Waals surface area contributed by atoms with E-state index in [1.165, 1.54) is 7.11 Å². The van der Waals surface area contributed by atoms with Gasteiger partial charge in [0.15, 0.2) is 0 Å². The monoisotopic (exact) mass is 413 g/mol. The van der Waals surface area contributed by atoms with E-state index in [2.05, 4.69) is 16.0 Å². The maximum atomic E-state index is 12.5. The first kappa shape index (κ1) is 22.4. The van der Waals surface area contributed by atoms with Gasteiger partial charge in [0.2, 0.25) is 6.10 Å². The molecule has 2 aromatic carbocycles. The molecule has 0 fully saturated rings. The van der Waals surface area contributed by atoms with Crippen LogP contribution in [0.3, 0.4) is 0 Å². The Morgan fingerprint density at radius 2 is 1.60 bits per heavy atom. The molecule has 9 heteroatoms. The molecular formula is C21H23N3O6. The summed E-state index contributed by atoms with van der Waals surface area (Å²) in [6.07, 6.45) is -1.36. The van der Waals surface area contributed by atoms with Gasteiger partial charge in [-0.05, 0) is 19.1 Å². The number of methoxy groups -OCH3 is 1. The Bertz CT molecular complexity index is 901. The van der Waals surface area contributed by atoms with E-state index < -0.39 is 36.5 Å². The van der Waals surface area contributed by atoms with E-state index in [1.807, 2.05) is 0 Å². The molecule has 0 radical (unpaired) electrons. The Hall–Kier alpha value is -3.88. The van der Waals surface area contributed by atoms with Gasteiger partial charge >= 0.3 is 12.0 Å². The van der Waals surface area contributed by atoms with E-state index in [-0.39, 0.29) is 5.56 Å². The van der Waals surface area contributed by atoms with Gasteiger partial charge in [-0.25, -0.2) is 4.79 Å². The van der Waals surface area contributed by atoms with Crippen molar-refractivity contribution in [2.45, 2.75) is 13.0 Å². The molecule has 0 aliphatic rings. The molecule has 0 bridgehead atoms. The summed E-state index contributed by atoms with van der Waals surface area (Å²) in [6, 6.07) is 14.1. The molecule has 0 aromatic heterocycles. The van der Waals surface area contributed by atoms with Gasteiger partial charge in [0.25, 0.3) is 11.8 Å². The first-order chi connectivity index (χ1) is 14.5. The third-order valence-electron chi connectivity index (χ3n) is 3.91. The molecule has 0 spiro atoms. The molecule has 1 unspecified atom stereocenters. The highest BCUT2D eigenvalue weighted by atomic mass is 16.5. The average Bonchev–Trinajstić information content (AvgIpc) is 2.76. The third-order valence-corrected chi connectivity index (χ3v) is 3.91. The molecule has 0 heterocycles. The molecule has 0 saturated carbocycles. The standard InChI is InChI=1S/C21H23N3O6/c1-3-22-21(28)24-20(27)18(14-9-5-4-6-10-14)30-17(25)13-23-19(26)15-11-7-8-12-16(15)29-2/h4-12,18H,3,13H2,1-2H3,(H,23,26)(H2,22,24,27,28). The van der Waals surface area contributed by atoms with E-state index in [0.717, 1.165) is 0 Å². The minimum absolute atomic E-state index is 0.251. The van der Waals surface area contributed by atoms with Gasteiger partial charge in [-0.3, -0.25) is 19.7 Å². The summed E-state index contributed by atoms with van der Waals surface area (Å²) in [5.41, 5.74) is 0.630. The van der Waals surface area contributed by atoms with Crippen LogP contribution in [0.1, 0.15) is 28.9 Å². The Balaban J connectivity index is 2.04. The number of amides is 4. The van der Waals surface area contributed by atoms with Crippen LogP contribution < -0.4 is 20.7 Å². The van der Waals surface area contributed by atoms with Crippen LogP contribution in [0, 0.1) is 0 Å². The van der Waals surface area contributed by atoms with Gasteiger partial charge in [-0.15, -0.1) is 0 Å². The first-order valence-electron chi connectivity index (χ1n) is 9.20. The minimum Gasteiger partial charge on any atom is -0.496 e. The van der Waals surface area contributed by atoms with Crippen LogP contribution in [0.4, 0.5) is 4.79 Å². The predicted molar refractivity (Wildman–Crippen MR) is 108 cm³/mol. The molecule has 3 N–H and O–H groups in total. The second kappa shape index (κ2) is 11.2. The lowest BCUT2D eigenvalue weighted by molar-refractivity contribution is -0.155. The summed E-state index contributed by atoms with van der Waals surface area (Å²) >= 11 is 0. The number of ether oxygens (including phenoxy) is 2. The Labute approximate surface area is 173 Å². The summed E-state index contributed by atoms with van der Waals surface area (Å²) < 4.78 is 10.4. The van der Waals surface area contributed by atoms with Gasteiger partial charge in [0.05, 0.1) is 12.7 Å². The van der Waals surface area contributed by atoms with Crippen molar-refractivity contribution in [2.75, 3.05) is 20.2 Å². The fourth-order valence-electron chi connectivity index (χ4n) is 2.54. The van der Waals surface area contributed by atoms with Crippen molar-refractivity contribution < 1.29 is 28.7 Å². The molecule has 4 amide bonds. The van der Waals surface area contributed by atoms with Crippen LogP contribution in [-0.2, 0) is 14.3 Å². The highest BCUT2D eigenvalue weighted by Gasteiger charge is 2.26. The summed E-state index contributed by atoms with van der Waals surface area (Å²) in [4.78, 5) is 48.7. The number of para-hydroxylation sites is 1. The third kappa shape index (κ3) is 6.33. The first-order valence-corrected chi connectivity index (χ1v) is 9.20. The van der Waals surface area contributed by atoms with Gasteiger partial charge in [0.1, 0.15) is 12.3 Å². The van der Waals surface area contributed by atoms with Crippen LogP contribution in [-0.4, -0.2) is 44.0 Å². The molecule has 1 atom stereocenters. The Morgan fingerprint density at radius 3 is 2.27 bits per heavy atom. The largest absolute Gasteiger partial charge is 0.496 e. The van der Waals surface area contributed by atoms with Crippen LogP contribution in [0.5, 0.6) is 5.75 Å². The smallest absolute Gasteiger partial charge is 0.326 e. The van der Waals surface area contributed by atoms with Crippen LogP contribution in [0.25, 0.3) is 0 Å². The number of carbonyl (C=O) groups is 4. The molecule has 2 aromatic rings. The van der Waals surface area contributed by atoms with E-state index in [1.54, 1.807) is 61.5 Å². The van der Waals surface area contributed by atoms with E-state index in [4.69, 9.17) is 9.47 Å². The fraction of sp³-hybridized carbons (Fsp3) is 0.238. The molecule has 0 saturated heterocycles. The molecule has 0 aliphatic heterocycles. The predicted octanol–water partition coefficient (Wildman–Crippen LogP) is 1.56. The number of hydrogen-bond donors (Lipinski definition) is 3. The Kier molecular flexibility index (Phi) is 8.37. The number of carbonyl (C=O) groups excluding carboxylic acids is 4. The molecular weight excluding hydrogens is 390 g/mol. The zero-order valence-corrected chi connectivity index (χ0v) is 16.6. The lowest BCUT2D eigenvalue weighted by Gasteiger charge is -2.18. The summed E-state index contributed by atoms with van der Waals surface area (Å²) in [5, 5.41) is 6.97.